The van der Waals surface area contributed by atoms with E-state index in [1.165, 1.54) is 6.20 Å². The molecule has 0 aliphatic carbocycles. The van der Waals surface area contributed by atoms with Gasteiger partial charge in [0.15, 0.2) is 0 Å². The molecule has 1 heterocycles. The molecule has 0 saturated heterocycles. The van der Waals surface area contributed by atoms with Gasteiger partial charge in [0.05, 0.1) is 5.56 Å². The Hall–Kier alpha value is -1.58. The number of aryl methyl sites for hydroxylation is 1. The zero-order valence-corrected chi connectivity index (χ0v) is 9.92. The maximum atomic E-state index is 11.7. The third-order valence-corrected chi connectivity index (χ3v) is 2.38. The Labute approximate surface area is 96.3 Å². The number of amides is 1. The molecular weight excluding hydrogens is 202 g/mol. The number of nitrogen functional groups attached to an aromatic ring is 1. The van der Waals surface area contributed by atoms with E-state index in [4.69, 9.17) is 5.73 Å². The predicted octanol–water partition coefficient (Wildman–Crippen LogP) is 1.89. The molecule has 0 fully saturated rings. The van der Waals surface area contributed by atoms with Gasteiger partial charge in [-0.3, -0.25) is 9.78 Å². The topological polar surface area (TPSA) is 68.0 Å². The molecule has 0 aliphatic heterocycles. The van der Waals surface area contributed by atoms with E-state index in [-0.39, 0.29) is 5.91 Å². The number of aromatic nitrogens is 1. The summed E-state index contributed by atoms with van der Waals surface area (Å²) in [7, 11) is 0. The van der Waals surface area contributed by atoms with Crippen molar-refractivity contribution >= 4 is 11.6 Å². The number of unbranched alkanes of at least 4 members (excludes halogenated alkanes) is 2. The quantitative estimate of drug-likeness (QED) is 0.746. The Kier molecular flexibility index (Phi) is 4.76. The molecule has 0 spiro atoms. The van der Waals surface area contributed by atoms with E-state index in [0.717, 1.165) is 25.0 Å². The zero-order chi connectivity index (χ0) is 12.0. The molecule has 1 aromatic heterocycles. The van der Waals surface area contributed by atoms with Crippen LogP contribution in [0.3, 0.4) is 0 Å². The molecule has 88 valence electrons. The van der Waals surface area contributed by atoms with E-state index in [1.54, 1.807) is 6.07 Å². The van der Waals surface area contributed by atoms with Crippen LogP contribution >= 0.6 is 0 Å². The molecule has 1 rings (SSSR count). The van der Waals surface area contributed by atoms with E-state index >= 15 is 0 Å². The van der Waals surface area contributed by atoms with Crippen molar-refractivity contribution in [3.05, 3.63) is 23.5 Å². The number of nitrogens with zero attached hydrogens (tertiary/aromatic N) is 1. The SMILES string of the molecule is CCCCCNC(=O)c1cnc(C)cc1N. The van der Waals surface area contributed by atoms with Gasteiger partial charge in [-0.25, -0.2) is 0 Å². The summed E-state index contributed by atoms with van der Waals surface area (Å²) < 4.78 is 0. The van der Waals surface area contributed by atoms with Crippen molar-refractivity contribution in [1.29, 1.82) is 0 Å². The predicted molar refractivity (Wildman–Crippen MR) is 65.2 cm³/mol. The second-order valence-electron chi connectivity index (χ2n) is 3.88. The highest BCUT2D eigenvalue weighted by atomic mass is 16.1. The normalized spacial score (nSPS) is 10.1. The third kappa shape index (κ3) is 3.53. The van der Waals surface area contributed by atoms with Crippen LogP contribution in [0.15, 0.2) is 12.3 Å². The van der Waals surface area contributed by atoms with Crippen LogP contribution in [0, 0.1) is 6.92 Å². The van der Waals surface area contributed by atoms with Crippen molar-refractivity contribution in [3.8, 4) is 0 Å². The van der Waals surface area contributed by atoms with Crippen LogP contribution in [0.2, 0.25) is 0 Å². The van der Waals surface area contributed by atoms with Gasteiger partial charge in [0.1, 0.15) is 0 Å². The van der Waals surface area contributed by atoms with Crippen molar-refractivity contribution < 1.29 is 4.79 Å². The molecule has 0 aromatic carbocycles. The average molecular weight is 221 g/mol. The smallest absolute Gasteiger partial charge is 0.254 e. The van der Waals surface area contributed by atoms with Crippen molar-refractivity contribution in [2.24, 2.45) is 0 Å². The van der Waals surface area contributed by atoms with Gasteiger partial charge in [0.2, 0.25) is 0 Å². The minimum absolute atomic E-state index is 0.138. The Morgan fingerprint density at radius 3 is 2.88 bits per heavy atom. The number of hydrogen-bond donors (Lipinski definition) is 2. The van der Waals surface area contributed by atoms with Crippen molar-refractivity contribution in [2.45, 2.75) is 33.1 Å². The Morgan fingerprint density at radius 1 is 1.50 bits per heavy atom. The Bertz CT molecular complexity index is 363. The van der Waals surface area contributed by atoms with Crippen LogP contribution in [-0.2, 0) is 0 Å². The highest BCUT2D eigenvalue weighted by Crippen LogP contribution is 2.10. The molecular formula is C12H19N3O. The summed E-state index contributed by atoms with van der Waals surface area (Å²) in [5, 5.41) is 2.84. The first kappa shape index (κ1) is 12.5. The summed E-state index contributed by atoms with van der Waals surface area (Å²) in [5.74, 6) is -0.138. The van der Waals surface area contributed by atoms with E-state index < -0.39 is 0 Å². The molecule has 0 atom stereocenters. The van der Waals surface area contributed by atoms with Crippen LogP contribution in [0.5, 0.6) is 0 Å². The maximum absolute atomic E-state index is 11.7. The van der Waals surface area contributed by atoms with Gasteiger partial charge in [0, 0.05) is 24.1 Å². The minimum atomic E-state index is -0.138. The monoisotopic (exact) mass is 221 g/mol. The van der Waals surface area contributed by atoms with Gasteiger partial charge in [-0.15, -0.1) is 0 Å². The molecule has 4 nitrogen and oxygen atoms in total. The lowest BCUT2D eigenvalue weighted by atomic mass is 10.2. The van der Waals surface area contributed by atoms with Crippen LogP contribution in [0.25, 0.3) is 0 Å². The number of rotatable bonds is 5. The largest absolute Gasteiger partial charge is 0.398 e. The third-order valence-electron chi connectivity index (χ3n) is 2.38. The lowest BCUT2D eigenvalue weighted by molar-refractivity contribution is 0.0953. The molecule has 0 saturated carbocycles. The van der Waals surface area contributed by atoms with Crippen molar-refractivity contribution in [2.75, 3.05) is 12.3 Å². The highest BCUT2D eigenvalue weighted by molar-refractivity contribution is 5.98. The molecule has 3 N–H and O–H groups in total. The van der Waals surface area contributed by atoms with Crippen LogP contribution < -0.4 is 11.1 Å². The summed E-state index contributed by atoms with van der Waals surface area (Å²) >= 11 is 0. The second kappa shape index (κ2) is 6.10. The number of hydrogen-bond acceptors (Lipinski definition) is 3. The van der Waals surface area contributed by atoms with E-state index in [2.05, 4.69) is 17.2 Å². The average Bonchev–Trinajstić information content (AvgIpc) is 2.24. The van der Waals surface area contributed by atoms with Crippen molar-refractivity contribution in [1.82, 2.24) is 10.3 Å². The highest BCUT2D eigenvalue weighted by Gasteiger charge is 2.09. The fourth-order valence-corrected chi connectivity index (χ4v) is 1.44. The minimum Gasteiger partial charge on any atom is -0.398 e. The van der Waals surface area contributed by atoms with Crippen molar-refractivity contribution in [3.63, 3.8) is 0 Å². The van der Waals surface area contributed by atoms with Gasteiger partial charge >= 0.3 is 0 Å². The van der Waals surface area contributed by atoms with Gasteiger partial charge in [-0.1, -0.05) is 19.8 Å². The summed E-state index contributed by atoms with van der Waals surface area (Å²) in [5.41, 5.74) is 7.52. The number of pyridine rings is 1. The maximum Gasteiger partial charge on any atom is 0.254 e. The summed E-state index contributed by atoms with van der Waals surface area (Å²) in [6.45, 7) is 4.67. The fraction of sp³-hybridized carbons (Fsp3) is 0.500. The first-order chi connectivity index (χ1) is 7.65. The number of nitrogens with one attached hydrogen (secondary N) is 1. The summed E-state index contributed by atoms with van der Waals surface area (Å²) in [6.07, 6.45) is 4.80. The Morgan fingerprint density at radius 2 is 2.25 bits per heavy atom. The van der Waals surface area contributed by atoms with E-state index in [9.17, 15) is 4.79 Å². The number of anilines is 1. The molecule has 0 unspecified atom stereocenters. The lowest BCUT2D eigenvalue weighted by Crippen LogP contribution is -2.25. The van der Waals surface area contributed by atoms with Crippen LogP contribution in [0.4, 0.5) is 5.69 Å². The molecule has 4 heteroatoms. The van der Waals surface area contributed by atoms with E-state index in [1.807, 2.05) is 6.92 Å². The number of nitrogens with two attached hydrogens (primary N) is 1. The number of carbonyl (C=O) groups excluding carboxylic acids is 1. The van der Waals surface area contributed by atoms with Gasteiger partial charge in [0.25, 0.3) is 5.91 Å². The molecule has 1 amide bonds. The van der Waals surface area contributed by atoms with Crippen LogP contribution in [0.1, 0.15) is 42.2 Å². The van der Waals surface area contributed by atoms with Gasteiger partial charge in [-0.2, -0.15) is 0 Å². The summed E-state index contributed by atoms with van der Waals surface area (Å²) in [6, 6.07) is 1.71. The first-order valence-electron chi connectivity index (χ1n) is 5.65. The number of carbonyl (C=O) groups is 1. The zero-order valence-electron chi connectivity index (χ0n) is 9.92. The molecule has 0 bridgehead atoms. The Balaban J connectivity index is 2.53. The summed E-state index contributed by atoms with van der Waals surface area (Å²) in [4.78, 5) is 15.8. The standard InChI is InChI=1S/C12H19N3O/c1-3-4-5-6-14-12(16)10-8-15-9(2)7-11(10)13/h7-8H,3-6H2,1-2H3,(H2,13,15)(H,14,16). The second-order valence-corrected chi connectivity index (χ2v) is 3.88. The van der Waals surface area contributed by atoms with Crippen LogP contribution in [-0.4, -0.2) is 17.4 Å². The van der Waals surface area contributed by atoms with E-state index in [0.29, 0.717) is 17.8 Å². The van der Waals surface area contributed by atoms with Gasteiger partial charge < -0.3 is 11.1 Å². The fourth-order valence-electron chi connectivity index (χ4n) is 1.44. The molecule has 16 heavy (non-hydrogen) atoms. The molecule has 0 aliphatic rings. The van der Waals surface area contributed by atoms with Gasteiger partial charge in [-0.05, 0) is 19.4 Å². The first-order valence-corrected chi connectivity index (χ1v) is 5.65. The molecule has 0 radical (unpaired) electrons. The molecule has 1 aromatic rings. The lowest BCUT2D eigenvalue weighted by Gasteiger charge is -2.07.